The van der Waals surface area contributed by atoms with Crippen molar-refractivity contribution in [2.24, 2.45) is 13.0 Å². The number of carbonyl (C=O) groups is 1. The Morgan fingerprint density at radius 2 is 1.77 bits per heavy atom. The smallest absolute Gasteiger partial charge is 0.268 e. The van der Waals surface area contributed by atoms with Crippen LogP contribution in [0.2, 0.25) is 0 Å². The first-order chi connectivity index (χ1) is 12.5. The molecule has 0 radical (unpaired) electrons. The summed E-state index contributed by atoms with van der Waals surface area (Å²) in [5.41, 5.74) is 0.657. The zero-order chi connectivity index (χ0) is 18.4. The molecule has 0 aliphatic carbocycles. The Labute approximate surface area is 151 Å². The molecule has 6 heteroatoms. The van der Waals surface area contributed by atoms with E-state index in [1.165, 1.54) is 18.2 Å². The van der Waals surface area contributed by atoms with Gasteiger partial charge in [0, 0.05) is 19.1 Å². The third-order valence-corrected chi connectivity index (χ3v) is 6.05. The lowest BCUT2D eigenvalue weighted by molar-refractivity contribution is 0.0215. The molecule has 1 amide bonds. The highest BCUT2D eigenvalue weighted by molar-refractivity contribution is 5.94. The van der Waals surface area contributed by atoms with E-state index in [2.05, 4.69) is 17.1 Å². The zero-order valence-electron chi connectivity index (χ0n) is 15.0. The zero-order valence-corrected chi connectivity index (χ0v) is 15.0. The van der Waals surface area contributed by atoms with E-state index in [4.69, 9.17) is 0 Å². The van der Waals surface area contributed by atoms with Gasteiger partial charge in [0.15, 0.2) is 0 Å². The number of halogens is 2. The summed E-state index contributed by atoms with van der Waals surface area (Å²) in [6, 6.07) is 7.43. The predicted octanol–water partition coefficient (Wildman–Crippen LogP) is 3.18. The topological polar surface area (TPSA) is 37.3 Å². The molecule has 2 bridgehead atoms. The molecule has 3 saturated heterocycles. The molecule has 3 aliphatic rings. The average Bonchev–Trinajstić information content (AvgIpc) is 3.00. The largest absolute Gasteiger partial charge is 0.346 e. The maximum Gasteiger partial charge on any atom is 0.268 e. The van der Waals surface area contributed by atoms with Crippen LogP contribution >= 0.6 is 0 Å². The van der Waals surface area contributed by atoms with Crippen molar-refractivity contribution in [2.75, 3.05) is 13.1 Å². The maximum atomic E-state index is 14.1. The van der Waals surface area contributed by atoms with Crippen LogP contribution in [0.3, 0.4) is 0 Å². The number of hydrogen-bond acceptors (Lipinski definition) is 2. The van der Waals surface area contributed by atoms with E-state index in [0.29, 0.717) is 23.3 Å². The van der Waals surface area contributed by atoms with E-state index in [9.17, 15) is 13.6 Å². The average molecular weight is 359 g/mol. The Kier molecular flexibility index (Phi) is 4.31. The summed E-state index contributed by atoms with van der Waals surface area (Å²) in [4.78, 5) is 15.2. The molecule has 2 aromatic rings. The number of benzene rings is 1. The number of fused-ring (bicyclic) bond motifs is 3. The number of nitrogens with zero attached hydrogens (tertiary/aromatic N) is 2. The molecule has 4 nitrogen and oxygen atoms in total. The first-order valence-corrected chi connectivity index (χ1v) is 9.12. The number of carbonyl (C=O) groups excluding carboxylic acids is 1. The van der Waals surface area contributed by atoms with Gasteiger partial charge in [0.2, 0.25) is 0 Å². The Bertz CT molecular complexity index is 817. The molecule has 1 aromatic carbocycles. The van der Waals surface area contributed by atoms with Gasteiger partial charge in [-0.2, -0.15) is 0 Å². The number of nitrogens with one attached hydrogen (secondary N) is 1. The summed E-state index contributed by atoms with van der Waals surface area (Å²) in [6.45, 7) is 4.35. The van der Waals surface area contributed by atoms with E-state index in [1.807, 2.05) is 0 Å². The minimum absolute atomic E-state index is 0.106. The summed E-state index contributed by atoms with van der Waals surface area (Å²) in [7, 11) is 1.66. The van der Waals surface area contributed by atoms with Gasteiger partial charge >= 0.3 is 0 Å². The van der Waals surface area contributed by atoms with Gasteiger partial charge in [-0.05, 0) is 63.0 Å². The number of rotatable bonds is 3. The molecule has 5 rings (SSSR count). The monoisotopic (exact) mass is 359 g/mol. The van der Waals surface area contributed by atoms with E-state index >= 15 is 0 Å². The van der Waals surface area contributed by atoms with E-state index in [0.717, 1.165) is 25.9 Å². The van der Waals surface area contributed by atoms with Gasteiger partial charge in [0.05, 0.1) is 11.3 Å². The van der Waals surface area contributed by atoms with Gasteiger partial charge in [0.1, 0.15) is 17.3 Å². The van der Waals surface area contributed by atoms with Crippen molar-refractivity contribution in [1.82, 2.24) is 14.8 Å². The van der Waals surface area contributed by atoms with Crippen molar-refractivity contribution in [3.8, 4) is 11.3 Å². The second-order valence-corrected chi connectivity index (χ2v) is 7.37. The van der Waals surface area contributed by atoms with Gasteiger partial charge in [-0.3, -0.25) is 9.69 Å². The van der Waals surface area contributed by atoms with Crippen LogP contribution in [0.15, 0.2) is 30.3 Å². The molecule has 3 aliphatic heterocycles. The van der Waals surface area contributed by atoms with Crippen LogP contribution in [-0.4, -0.2) is 40.5 Å². The Morgan fingerprint density at radius 3 is 2.38 bits per heavy atom. The van der Waals surface area contributed by atoms with Crippen molar-refractivity contribution in [3.63, 3.8) is 0 Å². The number of aromatic nitrogens is 1. The van der Waals surface area contributed by atoms with Gasteiger partial charge in [0.25, 0.3) is 5.91 Å². The number of piperidine rings is 3. The van der Waals surface area contributed by atoms with Gasteiger partial charge in [-0.25, -0.2) is 8.78 Å². The second kappa shape index (κ2) is 6.50. The van der Waals surface area contributed by atoms with Crippen LogP contribution in [0.25, 0.3) is 11.3 Å². The van der Waals surface area contributed by atoms with Crippen LogP contribution in [0, 0.1) is 17.6 Å². The molecular weight excluding hydrogens is 336 g/mol. The lowest BCUT2D eigenvalue weighted by Gasteiger charge is -2.49. The van der Waals surface area contributed by atoms with Crippen molar-refractivity contribution in [2.45, 2.75) is 31.8 Å². The Balaban J connectivity index is 1.59. The first-order valence-electron chi connectivity index (χ1n) is 9.12. The molecule has 0 spiro atoms. The normalized spacial score (nSPS) is 27.5. The van der Waals surface area contributed by atoms with Gasteiger partial charge in [-0.1, -0.05) is 6.07 Å². The Morgan fingerprint density at radius 1 is 1.12 bits per heavy atom. The Hall–Kier alpha value is -2.21. The number of hydrogen-bond donors (Lipinski definition) is 1. The molecule has 1 aromatic heterocycles. The summed E-state index contributed by atoms with van der Waals surface area (Å²) < 4.78 is 29.7. The van der Waals surface area contributed by atoms with Gasteiger partial charge in [-0.15, -0.1) is 0 Å². The van der Waals surface area contributed by atoms with Crippen molar-refractivity contribution >= 4 is 5.91 Å². The quantitative estimate of drug-likeness (QED) is 0.914. The third kappa shape index (κ3) is 2.72. The maximum absolute atomic E-state index is 14.1. The SMILES string of the molecule is C[C@H]1[C@H](NC(=O)c2ccc(-c3c(F)cccc3F)n2C)C2CCN1CC2. The van der Waals surface area contributed by atoms with Crippen LogP contribution in [0.1, 0.15) is 30.3 Å². The molecular formula is C20H23F2N3O. The first kappa shape index (κ1) is 17.2. The molecule has 4 heterocycles. The van der Waals surface area contributed by atoms with Crippen LogP contribution in [-0.2, 0) is 7.05 Å². The fraction of sp³-hybridized carbons (Fsp3) is 0.450. The fourth-order valence-corrected chi connectivity index (χ4v) is 4.50. The summed E-state index contributed by atoms with van der Waals surface area (Å²) in [6.07, 6.45) is 2.21. The highest BCUT2D eigenvalue weighted by atomic mass is 19.1. The summed E-state index contributed by atoms with van der Waals surface area (Å²) >= 11 is 0. The van der Waals surface area contributed by atoms with E-state index < -0.39 is 11.6 Å². The van der Waals surface area contributed by atoms with Crippen molar-refractivity contribution in [1.29, 1.82) is 0 Å². The molecule has 3 fully saturated rings. The molecule has 0 saturated carbocycles. The van der Waals surface area contributed by atoms with Crippen LogP contribution < -0.4 is 5.32 Å². The standard InChI is InChI=1S/C20H23F2N3O/c1-12-19(13-8-10-25(12)11-9-13)23-20(26)17-7-6-16(24(17)2)18-14(21)4-3-5-15(18)22/h3-7,12-13,19H,8-11H2,1-2H3,(H,23,26)/t12-,19-/m0/s1. The fourth-order valence-electron chi connectivity index (χ4n) is 4.50. The molecule has 1 N–H and O–H groups in total. The van der Waals surface area contributed by atoms with Crippen LogP contribution in [0.5, 0.6) is 0 Å². The second-order valence-electron chi connectivity index (χ2n) is 7.37. The predicted molar refractivity (Wildman–Crippen MR) is 95.8 cm³/mol. The highest BCUT2D eigenvalue weighted by Crippen LogP contribution is 2.32. The molecule has 26 heavy (non-hydrogen) atoms. The van der Waals surface area contributed by atoms with Crippen molar-refractivity contribution in [3.05, 3.63) is 47.7 Å². The third-order valence-electron chi connectivity index (χ3n) is 6.05. The minimum atomic E-state index is -0.635. The lowest BCUT2D eigenvalue weighted by atomic mass is 9.79. The summed E-state index contributed by atoms with van der Waals surface area (Å²) in [5.74, 6) is -0.961. The highest BCUT2D eigenvalue weighted by Gasteiger charge is 2.40. The van der Waals surface area contributed by atoms with E-state index in [-0.39, 0.29) is 17.5 Å². The summed E-state index contributed by atoms with van der Waals surface area (Å²) in [5, 5.41) is 3.16. The van der Waals surface area contributed by atoms with Crippen molar-refractivity contribution < 1.29 is 13.6 Å². The number of amides is 1. The van der Waals surface area contributed by atoms with Crippen LogP contribution in [0.4, 0.5) is 8.78 Å². The molecule has 138 valence electrons. The lowest BCUT2D eigenvalue weighted by Crippen LogP contribution is -2.62. The van der Waals surface area contributed by atoms with E-state index in [1.54, 1.807) is 23.7 Å². The molecule has 0 unspecified atom stereocenters. The minimum Gasteiger partial charge on any atom is -0.346 e. The molecule has 2 atom stereocenters. The van der Waals surface area contributed by atoms with Gasteiger partial charge < -0.3 is 9.88 Å².